The van der Waals surface area contributed by atoms with Crippen LogP contribution in [0.1, 0.15) is 25.7 Å². The monoisotopic (exact) mass is 291 g/mol. The normalized spacial score (nSPS) is 14.2. The van der Waals surface area contributed by atoms with Gasteiger partial charge in [0.15, 0.2) is 0 Å². The molecule has 0 atom stereocenters. The molecule has 5 heteroatoms. The Morgan fingerprint density at radius 3 is 2.90 bits per heavy atom. The van der Waals surface area contributed by atoms with E-state index in [1.54, 1.807) is 25.3 Å². The average molecular weight is 291 g/mol. The van der Waals surface area contributed by atoms with Crippen LogP contribution in [0.3, 0.4) is 0 Å². The summed E-state index contributed by atoms with van der Waals surface area (Å²) in [5, 5.41) is 2.87. The fourth-order valence-corrected chi connectivity index (χ4v) is 2.38. The van der Waals surface area contributed by atoms with E-state index in [0.717, 1.165) is 25.4 Å². The first-order chi connectivity index (χ1) is 10.1. The van der Waals surface area contributed by atoms with Crippen molar-refractivity contribution in [2.45, 2.75) is 25.7 Å². The second-order valence-electron chi connectivity index (χ2n) is 5.82. The molecular weight excluding hydrogens is 266 g/mol. The van der Waals surface area contributed by atoms with Crippen molar-refractivity contribution in [1.29, 1.82) is 0 Å². The molecule has 116 valence electrons. The fraction of sp³-hybridized carbons (Fsp3) is 0.562. The van der Waals surface area contributed by atoms with Gasteiger partial charge in [-0.1, -0.05) is 0 Å². The molecule has 2 rings (SSSR count). The minimum absolute atomic E-state index is 0.00118. The Kier molecular flexibility index (Phi) is 5.44. The van der Waals surface area contributed by atoms with Crippen LogP contribution in [-0.2, 0) is 4.79 Å². The number of carbonyl (C=O) groups excluding carboxylic acids is 1. The minimum Gasteiger partial charge on any atom is -0.495 e. The summed E-state index contributed by atoms with van der Waals surface area (Å²) in [4.78, 5) is 14.3. The first-order valence-electron chi connectivity index (χ1n) is 7.50. The van der Waals surface area contributed by atoms with Crippen LogP contribution >= 0.6 is 0 Å². The molecule has 0 heterocycles. The molecule has 1 aliphatic carbocycles. The van der Waals surface area contributed by atoms with E-state index < -0.39 is 0 Å². The second kappa shape index (κ2) is 7.31. The Balaban J connectivity index is 1.74. The minimum atomic E-state index is -0.00118. The van der Waals surface area contributed by atoms with Crippen LogP contribution in [0.2, 0.25) is 0 Å². The molecule has 1 aliphatic rings. The highest BCUT2D eigenvalue weighted by Gasteiger charge is 2.22. The summed E-state index contributed by atoms with van der Waals surface area (Å²) in [6, 6.07) is 5.23. The lowest BCUT2D eigenvalue weighted by molar-refractivity contribution is -0.116. The van der Waals surface area contributed by atoms with E-state index in [1.165, 1.54) is 12.8 Å². The highest BCUT2D eigenvalue weighted by Crippen LogP contribution is 2.29. The van der Waals surface area contributed by atoms with E-state index in [9.17, 15) is 4.79 Å². The van der Waals surface area contributed by atoms with Gasteiger partial charge in [-0.15, -0.1) is 0 Å². The number of methoxy groups -OCH3 is 1. The average Bonchev–Trinajstić information content (AvgIpc) is 3.23. The molecule has 0 spiro atoms. The highest BCUT2D eigenvalue weighted by atomic mass is 16.5. The van der Waals surface area contributed by atoms with Gasteiger partial charge in [-0.25, -0.2) is 0 Å². The quantitative estimate of drug-likeness (QED) is 0.721. The molecule has 0 bridgehead atoms. The maximum absolute atomic E-state index is 12.0. The highest BCUT2D eigenvalue weighted by molar-refractivity contribution is 5.92. The van der Waals surface area contributed by atoms with Gasteiger partial charge in [0.05, 0.1) is 12.8 Å². The van der Waals surface area contributed by atoms with Crippen LogP contribution < -0.4 is 15.8 Å². The molecule has 1 aromatic rings. The van der Waals surface area contributed by atoms with Crippen LogP contribution in [0.15, 0.2) is 18.2 Å². The molecule has 21 heavy (non-hydrogen) atoms. The summed E-state index contributed by atoms with van der Waals surface area (Å²) in [5.74, 6) is 1.52. The molecule has 1 fully saturated rings. The standard InChI is InChI=1S/C16H25N3O2/c1-19(11-12-5-6-12)9-3-4-16(20)18-14-10-13(17)7-8-15(14)21-2/h7-8,10,12H,3-6,9,11,17H2,1-2H3,(H,18,20). The first kappa shape index (κ1) is 15.6. The molecule has 1 amide bonds. The third-order valence-corrected chi connectivity index (χ3v) is 3.71. The van der Waals surface area contributed by atoms with E-state index >= 15 is 0 Å². The summed E-state index contributed by atoms with van der Waals surface area (Å²) in [6.45, 7) is 2.11. The number of rotatable bonds is 8. The Morgan fingerprint density at radius 2 is 2.24 bits per heavy atom. The van der Waals surface area contributed by atoms with E-state index in [1.807, 2.05) is 0 Å². The lowest BCUT2D eigenvalue weighted by Crippen LogP contribution is -2.23. The molecule has 0 aromatic heterocycles. The van der Waals surface area contributed by atoms with Crippen molar-refractivity contribution < 1.29 is 9.53 Å². The van der Waals surface area contributed by atoms with Crippen LogP contribution in [0.4, 0.5) is 11.4 Å². The van der Waals surface area contributed by atoms with E-state index in [-0.39, 0.29) is 5.91 Å². The van der Waals surface area contributed by atoms with Crippen molar-refractivity contribution in [3.8, 4) is 5.75 Å². The Labute approximate surface area is 126 Å². The van der Waals surface area contributed by atoms with Crippen LogP contribution in [0, 0.1) is 5.92 Å². The zero-order valence-electron chi connectivity index (χ0n) is 12.9. The number of hydrogen-bond acceptors (Lipinski definition) is 4. The van der Waals surface area contributed by atoms with E-state index in [0.29, 0.717) is 23.5 Å². The van der Waals surface area contributed by atoms with Crippen LogP contribution in [-0.4, -0.2) is 38.1 Å². The second-order valence-corrected chi connectivity index (χ2v) is 5.82. The van der Waals surface area contributed by atoms with Crippen molar-refractivity contribution in [2.24, 2.45) is 5.92 Å². The van der Waals surface area contributed by atoms with Crippen molar-refractivity contribution in [3.05, 3.63) is 18.2 Å². The molecule has 5 nitrogen and oxygen atoms in total. The van der Waals surface area contributed by atoms with Gasteiger partial charge in [-0.3, -0.25) is 4.79 Å². The van der Waals surface area contributed by atoms with Gasteiger partial charge in [0.1, 0.15) is 5.75 Å². The lowest BCUT2D eigenvalue weighted by Gasteiger charge is -2.16. The number of hydrogen-bond donors (Lipinski definition) is 2. The first-order valence-corrected chi connectivity index (χ1v) is 7.50. The zero-order chi connectivity index (χ0) is 15.2. The smallest absolute Gasteiger partial charge is 0.224 e. The van der Waals surface area contributed by atoms with Gasteiger partial charge in [0.25, 0.3) is 0 Å². The number of amides is 1. The number of nitrogens with zero attached hydrogens (tertiary/aromatic N) is 1. The summed E-state index contributed by atoms with van der Waals surface area (Å²) < 4.78 is 5.22. The molecule has 1 saturated carbocycles. The number of carbonyl (C=O) groups is 1. The third kappa shape index (κ3) is 5.27. The predicted octanol–water partition coefficient (Wildman–Crippen LogP) is 2.34. The molecule has 0 radical (unpaired) electrons. The summed E-state index contributed by atoms with van der Waals surface area (Å²) >= 11 is 0. The van der Waals surface area contributed by atoms with Gasteiger partial charge < -0.3 is 20.7 Å². The maximum atomic E-state index is 12.0. The van der Waals surface area contributed by atoms with Gasteiger partial charge in [-0.2, -0.15) is 0 Å². The molecule has 0 unspecified atom stereocenters. The van der Waals surface area contributed by atoms with Crippen molar-refractivity contribution >= 4 is 17.3 Å². The third-order valence-electron chi connectivity index (χ3n) is 3.71. The summed E-state index contributed by atoms with van der Waals surface area (Å²) in [7, 11) is 3.70. The number of anilines is 2. The summed E-state index contributed by atoms with van der Waals surface area (Å²) in [6.07, 6.45) is 4.09. The van der Waals surface area contributed by atoms with Gasteiger partial charge in [0.2, 0.25) is 5.91 Å². The molecule has 0 aliphatic heterocycles. The molecular formula is C16H25N3O2. The molecule has 1 aromatic carbocycles. The van der Waals surface area contributed by atoms with Crippen molar-refractivity contribution in [3.63, 3.8) is 0 Å². The largest absolute Gasteiger partial charge is 0.495 e. The number of ether oxygens (including phenoxy) is 1. The van der Waals surface area contributed by atoms with Crippen molar-refractivity contribution in [1.82, 2.24) is 4.90 Å². The molecule has 0 saturated heterocycles. The number of nitrogens with two attached hydrogens (primary N) is 1. The Morgan fingerprint density at radius 1 is 1.48 bits per heavy atom. The summed E-state index contributed by atoms with van der Waals surface area (Å²) in [5.41, 5.74) is 6.98. The topological polar surface area (TPSA) is 67.6 Å². The Bertz CT molecular complexity index is 486. The number of nitrogens with one attached hydrogen (secondary N) is 1. The molecule has 3 N–H and O–H groups in total. The zero-order valence-corrected chi connectivity index (χ0v) is 12.9. The number of nitrogen functional groups attached to an aromatic ring is 1. The van der Waals surface area contributed by atoms with Crippen LogP contribution in [0.5, 0.6) is 5.75 Å². The van der Waals surface area contributed by atoms with E-state index in [2.05, 4.69) is 17.3 Å². The lowest BCUT2D eigenvalue weighted by atomic mass is 10.2. The predicted molar refractivity (Wildman–Crippen MR) is 85.5 cm³/mol. The van der Waals surface area contributed by atoms with E-state index in [4.69, 9.17) is 10.5 Å². The van der Waals surface area contributed by atoms with Crippen LogP contribution in [0.25, 0.3) is 0 Å². The maximum Gasteiger partial charge on any atom is 0.224 e. The fourth-order valence-electron chi connectivity index (χ4n) is 2.38. The van der Waals surface area contributed by atoms with Gasteiger partial charge in [-0.05, 0) is 57.0 Å². The van der Waals surface area contributed by atoms with Crippen molar-refractivity contribution in [2.75, 3.05) is 38.3 Å². The van der Waals surface area contributed by atoms with Gasteiger partial charge >= 0.3 is 0 Å². The number of benzene rings is 1. The van der Waals surface area contributed by atoms with Gasteiger partial charge in [0, 0.05) is 18.7 Å². The SMILES string of the molecule is COc1ccc(N)cc1NC(=O)CCCN(C)CC1CC1. The Hall–Kier alpha value is -1.75.